The van der Waals surface area contributed by atoms with E-state index in [9.17, 15) is 9.59 Å². The number of methoxy groups -OCH3 is 1. The molecule has 5 nitrogen and oxygen atoms in total. The molecule has 0 saturated carbocycles. The lowest BCUT2D eigenvalue weighted by molar-refractivity contribution is -0.141. The summed E-state index contributed by atoms with van der Waals surface area (Å²) in [6.45, 7) is 2.43. The van der Waals surface area contributed by atoms with Crippen LogP contribution in [0, 0.1) is 0 Å². The number of carbonyl (C=O) groups is 2. The van der Waals surface area contributed by atoms with Crippen LogP contribution in [0.2, 0.25) is 0 Å². The topological polar surface area (TPSA) is 58.6 Å². The van der Waals surface area contributed by atoms with Gasteiger partial charge < -0.3 is 9.64 Å². The Kier molecular flexibility index (Phi) is 5.33. The van der Waals surface area contributed by atoms with Crippen molar-refractivity contribution in [1.82, 2.24) is 10.2 Å². The van der Waals surface area contributed by atoms with E-state index in [4.69, 9.17) is 0 Å². The number of ether oxygens (including phenoxy) is 1. The zero-order valence-corrected chi connectivity index (χ0v) is 12.5. The lowest BCUT2D eigenvalue weighted by Crippen LogP contribution is -2.38. The van der Waals surface area contributed by atoms with Gasteiger partial charge in [0.2, 0.25) is 5.91 Å². The Morgan fingerprint density at radius 1 is 1.33 bits per heavy atom. The van der Waals surface area contributed by atoms with Gasteiger partial charge in [0.15, 0.2) is 0 Å². The number of amides is 1. The van der Waals surface area contributed by atoms with Gasteiger partial charge in [-0.3, -0.25) is 14.9 Å². The van der Waals surface area contributed by atoms with Crippen molar-refractivity contribution >= 4 is 11.9 Å². The fourth-order valence-corrected chi connectivity index (χ4v) is 2.66. The average Bonchev–Trinajstić information content (AvgIpc) is 2.81. The molecule has 1 heterocycles. The first-order chi connectivity index (χ1) is 10.2. The molecule has 0 aliphatic carbocycles. The van der Waals surface area contributed by atoms with Crippen LogP contribution < -0.4 is 5.32 Å². The molecule has 1 aliphatic heterocycles. The summed E-state index contributed by atoms with van der Waals surface area (Å²) in [6.07, 6.45) is 1.72. The second-order valence-electron chi connectivity index (χ2n) is 5.19. The molecule has 1 aromatic carbocycles. The summed E-state index contributed by atoms with van der Waals surface area (Å²) in [5.74, 6) is -0.223. The maximum Gasteiger partial charge on any atom is 0.307 e. The second-order valence-corrected chi connectivity index (χ2v) is 5.19. The van der Waals surface area contributed by atoms with Gasteiger partial charge in [-0.15, -0.1) is 0 Å². The van der Waals surface area contributed by atoms with Crippen molar-refractivity contribution in [3.63, 3.8) is 0 Å². The number of esters is 1. The van der Waals surface area contributed by atoms with E-state index in [1.807, 2.05) is 37.3 Å². The molecule has 1 aromatic rings. The van der Waals surface area contributed by atoms with E-state index in [0.717, 1.165) is 12.0 Å². The van der Waals surface area contributed by atoms with Crippen molar-refractivity contribution in [2.45, 2.75) is 38.4 Å². The number of hydrogen-bond acceptors (Lipinski definition) is 4. The number of hydrogen-bond donors (Lipinski definition) is 1. The minimum absolute atomic E-state index is 0.00383. The van der Waals surface area contributed by atoms with Gasteiger partial charge in [-0.05, 0) is 18.4 Å². The van der Waals surface area contributed by atoms with E-state index in [0.29, 0.717) is 13.0 Å². The van der Waals surface area contributed by atoms with Crippen LogP contribution in [0.5, 0.6) is 0 Å². The summed E-state index contributed by atoms with van der Waals surface area (Å²) in [4.78, 5) is 25.5. The number of benzene rings is 1. The summed E-state index contributed by atoms with van der Waals surface area (Å²) in [7, 11) is 1.36. The zero-order valence-electron chi connectivity index (χ0n) is 12.5. The van der Waals surface area contributed by atoms with E-state index >= 15 is 0 Å². The molecule has 114 valence electrons. The Bertz CT molecular complexity index is 490. The minimum Gasteiger partial charge on any atom is -0.469 e. The molecule has 0 aromatic heterocycles. The van der Waals surface area contributed by atoms with Crippen LogP contribution >= 0.6 is 0 Å². The highest BCUT2D eigenvalue weighted by atomic mass is 16.5. The molecule has 1 fully saturated rings. The van der Waals surface area contributed by atoms with Crippen LogP contribution in [0.15, 0.2) is 30.3 Å². The van der Waals surface area contributed by atoms with Crippen LogP contribution in [-0.2, 0) is 20.7 Å². The second kappa shape index (κ2) is 7.22. The van der Waals surface area contributed by atoms with Gasteiger partial charge in [-0.2, -0.15) is 0 Å². The Labute approximate surface area is 125 Å². The Morgan fingerprint density at radius 3 is 2.67 bits per heavy atom. The van der Waals surface area contributed by atoms with Crippen LogP contribution in [0.4, 0.5) is 0 Å². The Morgan fingerprint density at radius 2 is 2.05 bits per heavy atom. The number of carbonyl (C=O) groups excluding carboxylic acids is 2. The molecule has 0 radical (unpaired) electrons. The van der Waals surface area contributed by atoms with Crippen LogP contribution in [-0.4, -0.2) is 42.6 Å². The van der Waals surface area contributed by atoms with Crippen LogP contribution in [0.3, 0.4) is 0 Å². The first-order valence-corrected chi connectivity index (χ1v) is 7.33. The maximum absolute atomic E-state index is 12.5. The van der Waals surface area contributed by atoms with Crippen molar-refractivity contribution in [1.29, 1.82) is 0 Å². The summed E-state index contributed by atoms with van der Waals surface area (Å²) in [5.41, 5.74) is 1.13. The van der Waals surface area contributed by atoms with E-state index in [1.165, 1.54) is 7.11 Å². The molecule has 1 amide bonds. The van der Waals surface area contributed by atoms with E-state index in [1.54, 1.807) is 4.90 Å². The third-order valence-corrected chi connectivity index (χ3v) is 3.80. The summed E-state index contributed by atoms with van der Waals surface area (Å²) < 4.78 is 4.64. The lowest BCUT2D eigenvalue weighted by Gasteiger charge is -2.22. The number of rotatable bonds is 6. The smallest absolute Gasteiger partial charge is 0.307 e. The zero-order chi connectivity index (χ0) is 15.2. The summed E-state index contributed by atoms with van der Waals surface area (Å²) in [5, 5.41) is 3.35. The summed E-state index contributed by atoms with van der Waals surface area (Å²) in [6, 6.07) is 9.74. The summed E-state index contributed by atoms with van der Waals surface area (Å²) >= 11 is 0. The van der Waals surface area contributed by atoms with Crippen molar-refractivity contribution in [2.75, 3.05) is 13.7 Å². The fourth-order valence-electron chi connectivity index (χ4n) is 2.66. The van der Waals surface area contributed by atoms with Crippen LogP contribution in [0.25, 0.3) is 0 Å². The molecule has 5 heteroatoms. The van der Waals surface area contributed by atoms with Gasteiger partial charge >= 0.3 is 5.97 Å². The molecule has 0 bridgehead atoms. The van der Waals surface area contributed by atoms with Crippen molar-refractivity contribution in [3.05, 3.63) is 35.9 Å². The fraction of sp³-hybridized carbons (Fsp3) is 0.500. The minimum atomic E-state index is -0.288. The van der Waals surface area contributed by atoms with Crippen molar-refractivity contribution in [3.8, 4) is 0 Å². The number of nitrogens with zero attached hydrogens (tertiary/aromatic N) is 1. The first kappa shape index (κ1) is 15.5. The largest absolute Gasteiger partial charge is 0.469 e. The Hall–Kier alpha value is -1.88. The molecule has 2 atom stereocenters. The highest BCUT2D eigenvalue weighted by Gasteiger charge is 2.37. The van der Waals surface area contributed by atoms with Gasteiger partial charge in [0.1, 0.15) is 0 Å². The maximum atomic E-state index is 12.5. The highest BCUT2D eigenvalue weighted by Crippen LogP contribution is 2.17. The molecule has 1 saturated heterocycles. The molecular formula is C16H22N2O3. The predicted octanol–water partition coefficient (Wildman–Crippen LogP) is 1.33. The van der Waals surface area contributed by atoms with Gasteiger partial charge in [0, 0.05) is 6.54 Å². The van der Waals surface area contributed by atoms with Crippen LogP contribution in [0.1, 0.15) is 25.3 Å². The standard InChI is InChI=1S/C16H22N2O3/c1-3-14-17-13(11-12-7-5-4-6-8-12)16(20)18(14)10-9-15(19)21-2/h4-8,13-14,17H,3,9-11H2,1-2H3. The third-order valence-electron chi connectivity index (χ3n) is 3.80. The van der Waals surface area contributed by atoms with Gasteiger partial charge in [-0.25, -0.2) is 0 Å². The molecular weight excluding hydrogens is 268 g/mol. The van der Waals surface area contributed by atoms with Crippen molar-refractivity contribution in [2.24, 2.45) is 0 Å². The molecule has 0 spiro atoms. The van der Waals surface area contributed by atoms with Gasteiger partial charge in [-0.1, -0.05) is 37.3 Å². The van der Waals surface area contributed by atoms with E-state index < -0.39 is 0 Å². The molecule has 2 rings (SSSR count). The predicted molar refractivity (Wildman–Crippen MR) is 79.5 cm³/mol. The molecule has 1 N–H and O–H groups in total. The quantitative estimate of drug-likeness (QED) is 0.803. The molecule has 2 unspecified atom stereocenters. The SMILES string of the molecule is CCC1NC(Cc2ccccc2)C(=O)N1CCC(=O)OC. The highest BCUT2D eigenvalue weighted by molar-refractivity contribution is 5.85. The normalized spacial score (nSPS) is 21.6. The lowest BCUT2D eigenvalue weighted by atomic mass is 10.1. The van der Waals surface area contributed by atoms with E-state index in [2.05, 4.69) is 10.1 Å². The molecule has 21 heavy (non-hydrogen) atoms. The Balaban J connectivity index is 1.99. The van der Waals surface area contributed by atoms with Crippen molar-refractivity contribution < 1.29 is 14.3 Å². The monoisotopic (exact) mass is 290 g/mol. The number of nitrogens with one attached hydrogen (secondary N) is 1. The molecule has 1 aliphatic rings. The average molecular weight is 290 g/mol. The van der Waals surface area contributed by atoms with E-state index in [-0.39, 0.29) is 30.5 Å². The van der Waals surface area contributed by atoms with Gasteiger partial charge in [0.05, 0.1) is 25.7 Å². The third kappa shape index (κ3) is 3.82. The van der Waals surface area contributed by atoms with Gasteiger partial charge in [0.25, 0.3) is 0 Å². The first-order valence-electron chi connectivity index (χ1n) is 7.33.